The third kappa shape index (κ3) is 3.64. The van der Waals surface area contributed by atoms with Crippen LogP contribution < -0.4 is 15.6 Å². The Bertz CT molecular complexity index is 991. The molecule has 0 unspecified atom stereocenters. The lowest BCUT2D eigenvalue weighted by molar-refractivity contribution is -0.711. The maximum absolute atomic E-state index is 12.7. The van der Waals surface area contributed by atoms with Crippen molar-refractivity contribution in [3.63, 3.8) is 0 Å². The molecule has 0 radical (unpaired) electrons. The van der Waals surface area contributed by atoms with Crippen molar-refractivity contribution < 1.29 is 10.1 Å². The number of rotatable bonds is 6. The highest BCUT2D eigenvalue weighted by molar-refractivity contribution is 7.17. The van der Waals surface area contributed by atoms with E-state index >= 15 is 0 Å². The van der Waals surface area contributed by atoms with Gasteiger partial charge in [-0.15, -0.1) is 11.3 Å². The molecule has 0 bridgehead atoms. The van der Waals surface area contributed by atoms with Crippen LogP contribution in [0.25, 0.3) is 4.96 Å². The maximum atomic E-state index is 12.7. The number of thiazole rings is 1. The molecule has 6 heteroatoms. The molecule has 2 aromatic heterocycles. The molecular formula is C21H26N3O2S+. The van der Waals surface area contributed by atoms with Crippen LogP contribution in [0.15, 0.2) is 35.1 Å². The van der Waals surface area contributed by atoms with Gasteiger partial charge in [0.15, 0.2) is 4.96 Å². The molecule has 0 saturated carbocycles. The first kappa shape index (κ1) is 18.2. The van der Waals surface area contributed by atoms with Crippen molar-refractivity contribution in [3.05, 3.63) is 62.5 Å². The third-order valence-electron chi connectivity index (χ3n) is 5.41. The molecule has 2 N–H and O–H groups in total. The number of nitrogens with two attached hydrogens (primary N) is 1. The van der Waals surface area contributed by atoms with Crippen LogP contribution in [0.1, 0.15) is 54.1 Å². The molecule has 0 aliphatic heterocycles. The van der Waals surface area contributed by atoms with E-state index in [1.165, 1.54) is 29.0 Å². The van der Waals surface area contributed by atoms with E-state index in [0.717, 1.165) is 35.7 Å². The van der Waals surface area contributed by atoms with E-state index in [2.05, 4.69) is 24.4 Å². The van der Waals surface area contributed by atoms with Gasteiger partial charge in [-0.2, -0.15) is 0 Å². The van der Waals surface area contributed by atoms with Gasteiger partial charge in [-0.3, -0.25) is 9.20 Å². The lowest BCUT2D eigenvalue weighted by Gasteiger charge is -2.14. The average Bonchev–Trinajstić information content (AvgIpc) is 3.08. The van der Waals surface area contributed by atoms with Crippen LogP contribution in [-0.2, 0) is 19.4 Å². The molecule has 1 aliphatic carbocycles. The van der Waals surface area contributed by atoms with Crippen molar-refractivity contribution in [3.8, 4) is 5.75 Å². The number of quaternary nitrogens is 1. The number of benzene rings is 1. The van der Waals surface area contributed by atoms with Crippen LogP contribution in [0.3, 0.4) is 0 Å². The van der Waals surface area contributed by atoms with E-state index in [-0.39, 0.29) is 5.56 Å². The second-order valence-electron chi connectivity index (χ2n) is 7.11. The molecular weight excluding hydrogens is 358 g/mol. The summed E-state index contributed by atoms with van der Waals surface area (Å²) >= 11 is 1.69. The van der Waals surface area contributed by atoms with Crippen LogP contribution in [0.5, 0.6) is 5.75 Å². The zero-order valence-electron chi connectivity index (χ0n) is 15.9. The summed E-state index contributed by atoms with van der Waals surface area (Å²) in [4.78, 5) is 19.7. The number of aromatic nitrogens is 2. The Balaban J connectivity index is 1.54. The largest absolute Gasteiger partial charge is 0.497 e. The zero-order valence-corrected chi connectivity index (χ0v) is 16.7. The van der Waals surface area contributed by atoms with Gasteiger partial charge in [0.05, 0.1) is 7.11 Å². The van der Waals surface area contributed by atoms with Gasteiger partial charge in [0.1, 0.15) is 24.0 Å². The van der Waals surface area contributed by atoms with Gasteiger partial charge in [-0.05, 0) is 49.9 Å². The minimum atomic E-state index is 0.0697. The minimum absolute atomic E-state index is 0.0697. The summed E-state index contributed by atoms with van der Waals surface area (Å²) in [6.45, 7) is 2.89. The Morgan fingerprint density at radius 3 is 2.78 bits per heavy atom. The monoisotopic (exact) mass is 384 g/mol. The van der Waals surface area contributed by atoms with Crippen LogP contribution >= 0.6 is 11.3 Å². The molecule has 0 saturated heterocycles. The molecule has 0 fully saturated rings. The molecule has 5 nitrogen and oxygen atoms in total. The van der Waals surface area contributed by atoms with Crippen molar-refractivity contribution in [1.29, 1.82) is 0 Å². The first-order valence-electron chi connectivity index (χ1n) is 9.70. The molecule has 142 valence electrons. The fraction of sp³-hybridized carbons (Fsp3) is 0.429. The zero-order chi connectivity index (χ0) is 18.8. The van der Waals surface area contributed by atoms with Gasteiger partial charge >= 0.3 is 0 Å². The summed E-state index contributed by atoms with van der Waals surface area (Å²) in [7, 11) is 1.68. The van der Waals surface area contributed by atoms with E-state index in [1.54, 1.807) is 24.5 Å². The first-order chi connectivity index (χ1) is 13.2. The number of methoxy groups -OCH3 is 1. The Labute approximate surface area is 163 Å². The topological polar surface area (TPSA) is 60.2 Å². The molecule has 1 atom stereocenters. The fourth-order valence-corrected chi connectivity index (χ4v) is 5.13. The van der Waals surface area contributed by atoms with E-state index in [4.69, 9.17) is 9.72 Å². The number of aryl methyl sites for hydroxylation is 2. The van der Waals surface area contributed by atoms with Crippen LogP contribution in [0, 0.1) is 0 Å². The lowest BCUT2D eigenvalue weighted by atomic mass is 10.0. The maximum Gasteiger partial charge on any atom is 0.259 e. The predicted octanol–water partition coefficient (Wildman–Crippen LogP) is 2.86. The van der Waals surface area contributed by atoms with Crippen LogP contribution in [-0.4, -0.2) is 16.5 Å². The Kier molecular flexibility index (Phi) is 5.27. The predicted molar refractivity (Wildman–Crippen MR) is 108 cm³/mol. The highest BCUT2D eigenvalue weighted by Crippen LogP contribution is 2.28. The number of nitrogens with zero attached hydrogens (tertiary/aromatic N) is 2. The fourth-order valence-electron chi connectivity index (χ4n) is 3.90. The van der Waals surface area contributed by atoms with E-state index < -0.39 is 0 Å². The molecule has 0 amide bonds. The third-order valence-corrected chi connectivity index (χ3v) is 6.55. The van der Waals surface area contributed by atoms with Crippen molar-refractivity contribution in [2.45, 2.75) is 51.6 Å². The second-order valence-corrected chi connectivity index (χ2v) is 8.17. The van der Waals surface area contributed by atoms with Gasteiger partial charge < -0.3 is 10.1 Å². The van der Waals surface area contributed by atoms with Crippen molar-refractivity contribution in [1.82, 2.24) is 9.38 Å². The SMILES string of the molecule is CC[C@@H]([NH2+]Cc1cc(=O)n2c3c(sc2n1)CCCC3)c1ccc(OC)cc1. The van der Waals surface area contributed by atoms with Gasteiger partial charge in [0.25, 0.3) is 5.56 Å². The average molecular weight is 385 g/mol. The molecule has 4 rings (SSSR count). The molecule has 3 aromatic rings. The summed E-state index contributed by atoms with van der Waals surface area (Å²) in [5, 5.41) is 2.27. The van der Waals surface area contributed by atoms with Gasteiger partial charge in [-0.1, -0.05) is 6.92 Å². The van der Waals surface area contributed by atoms with Crippen molar-refractivity contribution >= 4 is 16.3 Å². The quantitative estimate of drug-likeness (QED) is 0.711. The summed E-state index contributed by atoms with van der Waals surface area (Å²) < 4.78 is 7.08. The summed E-state index contributed by atoms with van der Waals surface area (Å²) in [6, 6.07) is 10.3. The summed E-state index contributed by atoms with van der Waals surface area (Å²) in [5.41, 5.74) is 3.40. The number of ether oxygens (including phenoxy) is 1. The Hall–Kier alpha value is -2.18. The Morgan fingerprint density at radius 2 is 2.04 bits per heavy atom. The molecule has 2 heterocycles. The van der Waals surface area contributed by atoms with Gasteiger partial charge in [0, 0.05) is 28.6 Å². The van der Waals surface area contributed by atoms with Gasteiger partial charge in [0.2, 0.25) is 0 Å². The van der Waals surface area contributed by atoms with Crippen LogP contribution in [0.2, 0.25) is 0 Å². The standard InChI is InChI=1S/C21H25N3O2S/c1-3-17(14-8-10-16(26-2)11-9-14)22-13-15-12-20(25)24-18-6-4-5-7-19(18)27-21(24)23-15/h8-12,17,22H,3-7,13H2,1-2H3/p+1/t17-/m1/s1. The summed E-state index contributed by atoms with van der Waals surface area (Å²) in [5.74, 6) is 0.871. The number of fused-ring (bicyclic) bond motifs is 3. The molecule has 0 spiro atoms. The molecule has 27 heavy (non-hydrogen) atoms. The smallest absolute Gasteiger partial charge is 0.259 e. The normalized spacial score (nSPS) is 14.9. The van der Waals surface area contributed by atoms with Crippen LogP contribution in [0.4, 0.5) is 0 Å². The van der Waals surface area contributed by atoms with Crippen molar-refractivity contribution in [2.24, 2.45) is 0 Å². The number of hydrogen-bond donors (Lipinski definition) is 1. The lowest BCUT2D eigenvalue weighted by Crippen LogP contribution is -2.83. The van der Waals surface area contributed by atoms with E-state index in [0.29, 0.717) is 12.6 Å². The van der Waals surface area contributed by atoms with E-state index in [1.807, 2.05) is 16.5 Å². The Morgan fingerprint density at radius 1 is 1.26 bits per heavy atom. The van der Waals surface area contributed by atoms with Gasteiger partial charge in [-0.25, -0.2) is 4.98 Å². The second kappa shape index (κ2) is 7.82. The highest BCUT2D eigenvalue weighted by atomic mass is 32.1. The first-order valence-corrected chi connectivity index (χ1v) is 10.5. The number of hydrogen-bond acceptors (Lipinski definition) is 4. The highest BCUT2D eigenvalue weighted by Gasteiger charge is 2.19. The minimum Gasteiger partial charge on any atom is -0.497 e. The summed E-state index contributed by atoms with van der Waals surface area (Å²) in [6.07, 6.45) is 5.48. The van der Waals surface area contributed by atoms with Crippen molar-refractivity contribution in [2.75, 3.05) is 7.11 Å². The van der Waals surface area contributed by atoms with E-state index in [9.17, 15) is 4.79 Å². The molecule has 1 aromatic carbocycles. The molecule has 1 aliphatic rings.